The van der Waals surface area contributed by atoms with Crippen LogP contribution in [-0.4, -0.2) is 19.1 Å². The Morgan fingerprint density at radius 1 is 1.39 bits per heavy atom. The highest BCUT2D eigenvalue weighted by Crippen LogP contribution is 2.23. The number of carbonyl (C=O) groups excluding carboxylic acids is 1. The van der Waals surface area contributed by atoms with Gasteiger partial charge in [-0.1, -0.05) is 6.92 Å². The molecular formula is C14H21NO3. The predicted molar refractivity (Wildman–Crippen MR) is 68.3 cm³/mol. The zero-order chi connectivity index (χ0) is 13.0. The summed E-state index contributed by atoms with van der Waals surface area (Å²) in [5.74, 6) is 1.49. The van der Waals surface area contributed by atoms with Crippen molar-refractivity contribution < 1.29 is 13.9 Å². The Kier molecular flexibility index (Phi) is 4.42. The van der Waals surface area contributed by atoms with Crippen LogP contribution in [0.15, 0.2) is 16.5 Å². The molecule has 1 fully saturated rings. The fourth-order valence-corrected chi connectivity index (χ4v) is 2.39. The van der Waals surface area contributed by atoms with E-state index in [2.05, 4.69) is 17.0 Å². The Hall–Kier alpha value is -1.29. The fourth-order valence-electron chi connectivity index (χ4n) is 2.39. The number of ether oxygens (including phenoxy) is 1. The van der Waals surface area contributed by atoms with Gasteiger partial charge in [0.25, 0.3) is 0 Å². The Morgan fingerprint density at radius 2 is 2.11 bits per heavy atom. The number of methoxy groups -OCH3 is 1. The van der Waals surface area contributed by atoms with E-state index in [0.29, 0.717) is 12.6 Å². The van der Waals surface area contributed by atoms with Gasteiger partial charge in [-0.15, -0.1) is 0 Å². The molecule has 100 valence electrons. The zero-order valence-corrected chi connectivity index (χ0v) is 11.1. The molecule has 1 aliphatic carbocycles. The van der Waals surface area contributed by atoms with Gasteiger partial charge in [-0.3, -0.25) is 0 Å². The van der Waals surface area contributed by atoms with Crippen LogP contribution in [0, 0.1) is 5.92 Å². The Balaban J connectivity index is 1.79. The first-order chi connectivity index (χ1) is 8.69. The molecular weight excluding hydrogens is 230 g/mol. The molecule has 2 rings (SSSR count). The van der Waals surface area contributed by atoms with E-state index in [4.69, 9.17) is 4.42 Å². The molecule has 0 aromatic carbocycles. The summed E-state index contributed by atoms with van der Waals surface area (Å²) in [4.78, 5) is 11.2. The van der Waals surface area contributed by atoms with Gasteiger partial charge in [0.15, 0.2) is 0 Å². The molecule has 0 unspecified atom stereocenters. The van der Waals surface area contributed by atoms with Crippen molar-refractivity contribution >= 4 is 5.97 Å². The summed E-state index contributed by atoms with van der Waals surface area (Å²) < 4.78 is 10.0. The summed E-state index contributed by atoms with van der Waals surface area (Å²) in [7, 11) is 1.35. The maximum absolute atomic E-state index is 11.2. The van der Waals surface area contributed by atoms with Gasteiger partial charge in [-0.2, -0.15) is 0 Å². The number of carbonyl (C=O) groups is 1. The predicted octanol–water partition coefficient (Wildman–Crippen LogP) is 2.73. The van der Waals surface area contributed by atoms with Gasteiger partial charge in [-0.25, -0.2) is 4.79 Å². The second-order valence-corrected chi connectivity index (χ2v) is 5.10. The van der Waals surface area contributed by atoms with Crippen LogP contribution in [0.3, 0.4) is 0 Å². The number of rotatable bonds is 4. The highest BCUT2D eigenvalue weighted by Gasteiger charge is 2.18. The third-order valence-electron chi connectivity index (χ3n) is 3.63. The van der Waals surface area contributed by atoms with Gasteiger partial charge in [0.1, 0.15) is 5.76 Å². The van der Waals surface area contributed by atoms with Gasteiger partial charge < -0.3 is 14.5 Å². The van der Waals surface area contributed by atoms with E-state index in [-0.39, 0.29) is 5.76 Å². The lowest BCUT2D eigenvalue weighted by Gasteiger charge is -2.26. The number of esters is 1. The third-order valence-corrected chi connectivity index (χ3v) is 3.63. The van der Waals surface area contributed by atoms with Crippen molar-refractivity contribution in [3.8, 4) is 0 Å². The molecule has 0 atom stereocenters. The van der Waals surface area contributed by atoms with Crippen molar-refractivity contribution in [1.29, 1.82) is 0 Å². The van der Waals surface area contributed by atoms with E-state index < -0.39 is 5.97 Å². The second kappa shape index (κ2) is 6.05. The average Bonchev–Trinajstić information content (AvgIpc) is 2.86. The van der Waals surface area contributed by atoms with Crippen molar-refractivity contribution in [3.63, 3.8) is 0 Å². The molecule has 1 saturated carbocycles. The molecule has 0 amide bonds. The maximum Gasteiger partial charge on any atom is 0.373 e. The summed E-state index contributed by atoms with van der Waals surface area (Å²) in [6, 6.07) is 4.06. The van der Waals surface area contributed by atoms with E-state index in [9.17, 15) is 4.79 Å². The van der Waals surface area contributed by atoms with Crippen molar-refractivity contribution in [2.24, 2.45) is 5.92 Å². The highest BCUT2D eigenvalue weighted by molar-refractivity contribution is 5.86. The van der Waals surface area contributed by atoms with Crippen molar-refractivity contribution in [2.75, 3.05) is 7.11 Å². The van der Waals surface area contributed by atoms with E-state index in [0.717, 1.165) is 11.7 Å². The number of hydrogen-bond acceptors (Lipinski definition) is 4. The molecule has 1 aromatic rings. The molecule has 1 N–H and O–H groups in total. The lowest BCUT2D eigenvalue weighted by molar-refractivity contribution is 0.0562. The topological polar surface area (TPSA) is 51.5 Å². The van der Waals surface area contributed by atoms with Gasteiger partial charge >= 0.3 is 5.97 Å². The summed E-state index contributed by atoms with van der Waals surface area (Å²) in [6.07, 6.45) is 5.05. The first kappa shape index (κ1) is 13.1. The minimum Gasteiger partial charge on any atom is -0.463 e. The van der Waals surface area contributed by atoms with Crippen LogP contribution in [0.1, 0.15) is 48.9 Å². The monoisotopic (exact) mass is 251 g/mol. The van der Waals surface area contributed by atoms with Crippen LogP contribution in [0.25, 0.3) is 0 Å². The second-order valence-electron chi connectivity index (χ2n) is 5.10. The van der Waals surface area contributed by atoms with E-state index in [1.807, 2.05) is 6.07 Å². The zero-order valence-electron chi connectivity index (χ0n) is 11.1. The standard InChI is InChI=1S/C14H21NO3/c1-10-3-5-11(6-4-10)15-9-12-7-8-13(18-12)14(16)17-2/h7-8,10-11,15H,3-6,9H2,1-2H3. The van der Waals surface area contributed by atoms with Crippen molar-refractivity contribution in [3.05, 3.63) is 23.7 Å². The molecule has 1 aromatic heterocycles. The number of nitrogens with one attached hydrogen (secondary N) is 1. The van der Waals surface area contributed by atoms with Gasteiger partial charge in [0, 0.05) is 6.04 Å². The van der Waals surface area contributed by atoms with Gasteiger partial charge in [0.2, 0.25) is 5.76 Å². The SMILES string of the molecule is COC(=O)c1ccc(CNC2CCC(C)CC2)o1. The van der Waals surface area contributed by atoms with E-state index in [1.54, 1.807) is 6.07 Å². The molecule has 4 heteroatoms. The summed E-state index contributed by atoms with van der Waals surface area (Å²) in [5, 5.41) is 3.48. The number of hydrogen-bond donors (Lipinski definition) is 1. The molecule has 0 aliphatic heterocycles. The third kappa shape index (κ3) is 3.35. The average molecular weight is 251 g/mol. The van der Waals surface area contributed by atoms with Crippen molar-refractivity contribution in [2.45, 2.75) is 45.2 Å². The number of furan rings is 1. The largest absolute Gasteiger partial charge is 0.463 e. The Morgan fingerprint density at radius 3 is 2.78 bits per heavy atom. The first-order valence-corrected chi connectivity index (χ1v) is 6.59. The molecule has 4 nitrogen and oxygen atoms in total. The minimum atomic E-state index is -0.423. The maximum atomic E-state index is 11.2. The van der Waals surface area contributed by atoms with Crippen LogP contribution < -0.4 is 5.32 Å². The first-order valence-electron chi connectivity index (χ1n) is 6.59. The van der Waals surface area contributed by atoms with Crippen LogP contribution in [0.5, 0.6) is 0 Å². The Bertz CT molecular complexity index is 391. The molecule has 0 radical (unpaired) electrons. The van der Waals surface area contributed by atoms with E-state index >= 15 is 0 Å². The molecule has 0 bridgehead atoms. The van der Waals surface area contributed by atoms with Gasteiger partial charge in [-0.05, 0) is 43.7 Å². The molecule has 18 heavy (non-hydrogen) atoms. The lowest BCUT2D eigenvalue weighted by atomic mass is 9.87. The molecule has 0 saturated heterocycles. The van der Waals surface area contributed by atoms with Crippen LogP contribution in [0.2, 0.25) is 0 Å². The van der Waals surface area contributed by atoms with Crippen LogP contribution in [0.4, 0.5) is 0 Å². The quantitative estimate of drug-likeness (QED) is 0.836. The van der Waals surface area contributed by atoms with Gasteiger partial charge in [0.05, 0.1) is 13.7 Å². The Labute approximate surface area is 108 Å². The summed E-state index contributed by atoms with van der Waals surface area (Å²) in [5.41, 5.74) is 0. The smallest absolute Gasteiger partial charge is 0.373 e. The molecule has 0 spiro atoms. The highest BCUT2D eigenvalue weighted by atomic mass is 16.5. The van der Waals surface area contributed by atoms with Crippen molar-refractivity contribution in [1.82, 2.24) is 5.32 Å². The van der Waals surface area contributed by atoms with Crippen LogP contribution in [-0.2, 0) is 11.3 Å². The summed E-state index contributed by atoms with van der Waals surface area (Å²) >= 11 is 0. The van der Waals surface area contributed by atoms with E-state index in [1.165, 1.54) is 32.8 Å². The molecule has 1 heterocycles. The summed E-state index contributed by atoms with van der Waals surface area (Å²) in [6.45, 7) is 2.99. The molecule has 1 aliphatic rings. The lowest BCUT2D eigenvalue weighted by Crippen LogP contribution is -2.32. The minimum absolute atomic E-state index is 0.270. The fraction of sp³-hybridized carbons (Fsp3) is 0.643. The van der Waals surface area contributed by atoms with Crippen LogP contribution >= 0.6 is 0 Å². The normalized spacial score (nSPS) is 23.9.